The first-order valence-electron chi connectivity index (χ1n) is 6.54. The van der Waals surface area contributed by atoms with E-state index in [2.05, 4.69) is 23.1 Å². The van der Waals surface area contributed by atoms with Gasteiger partial charge in [-0.3, -0.25) is 4.90 Å². The number of likely N-dealkylation sites (tertiary alicyclic amines) is 1. The summed E-state index contributed by atoms with van der Waals surface area (Å²) in [6, 6.07) is 6.54. The number of ether oxygens (including phenoxy) is 1. The van der Waals surface area contributed by atoms with Gasteiger partial charge in [0.15, 0.2) is 0 Å². The number of nitrogens with two attached hydrogens (primary N) is 1. The molecular weight excluding hydrogens is 223 g/mol. The van der Waals surface area contributed by atoms with Crippen molar-refractivity contribution in [2.45, 2.75) is 31.8 Å². The average molecular weight is 246 g/mol. The number of rotatable bonds is 2. The van der Waals surface area contributed by atoms with Gasteiger partial charge in [-0.15, -0.1) is 0 Å². The van der Waals surface area contributed by atoms with E-state index in [1.54, 1.807) is 0 Å². The third-order valence-electron chi connectivity index (χ3n) is 3.74. The fraction of sp³-hybridized carbons (Fsp3) is 0.571. The van der Waals surface area contributed by atoms with Crippen molar-refractivity contribution in [1.82, 2.24) is 4.90 Å². The summed E-state index contributed by atoms with van der Waals surface area (Å²) in [6.07, 6.45) is 3.63. The van der Waals surface area contributed by atoms with Crippen LogP contribution < -0.4 is 10.5 Å². The van der Waals surface area contributed by atoms with Crippen LogP contribution in [-0.2, 0) is 13.0 Å². The smallest absolute Gasteiger partial charge is 0.122 e. The molecule has 1 atom stereocenters. The van der Waals surface area contributed by atoms with Crippen LogP contribution in [0.1, 0.15) is 24.0 Å². The van der Waals surface area contributed by atoms with Gasteiger partial charge >= 0.3 is 0 Å². The first-order valence-corrected chi connectivity index (χ1v) is 6.54. The lowest BCUT2D eigenvalue weighted by atomic mass is 9.97. The summed E-state index contributed by atoms with van der Waals surface area (Å²) in [5, 5.41) is 0. The standard InChI is InChI=1S/C14H20N2O.BH3/c15-12-8-13-11(9-16-6-1-2-7-16)4-3-5-14(13)17-10-12;/h3-5,12H,1-2,6-10,15H2;1H3/t12-;/m0./s1. The third-order valence-corrected chi connectivity index (χ3v) is 3.74. The Hall–Kier alpha value is -0.995. The van der Waals surface area contributed by atoms with Gasteiger partial charge in [0.2, 0.25) is 0 Å². The minimum atomic E-state index is 0. The molecule has 2 aliphatic rings. The molecule has 1 aromatic carbocycles. The Morgan fingerprint density at radius 3 is 2.83 bits per heavy atom. The van der Waals surface area contributed by atoms with Gasteiger partial charge in [0, 0.05) is 18.2 Å². The maximum absolute atomic E-state index is 5.99. The molecule has 0 bridgehead atoms. The van der Waals surface area contributed by atoms with Crippen molar-refractivity contribution in [3.05, 3.63) is 29.3 Å². The van der Waals surface area contributed by atoms with Gasteiger partial charge in [0.05, 0.1) is 8.41 Å². The minimum absolute atomic E-state index is 0. The van der Waals surface area contributed by atoms with E-state index in [0.717, 1.165) is 18.7 Å². The molecule has 18 heavy (non-hydrogen) atoms. The molecule has 1 aromatic rings. The van der Waals surface area contributed by atoms with Crippen molar-refractivity contribution in [3.8, 4) is 5.75 Å². The number of nitrogens with zero attached hydrogens (tertiary/aromatic N) is 1. The molecule has 1 saturated heterocycles. The van der Waals surface area contributed by atoms with Crippen LogP contribution >= 0.6 is 0 Å². The predicted molar refractivity (Wildman–Crippen MR) is 78.1 cm³/mol. The van der Waals surface area contributed by atoms with Crippen LogP contribution in [0.15, 0.2) is 18.2 Å². The van der Waals surface area contributed by atoms with E-state index < -0.39 is 0 Å². The predicted octanol–water partition coefficient (Wildman–Crippen LogP) is 0.361. The van der Waals surface area contributed by atoms with Gasteiger partial charge in [-0.05, 0) is 44.0 Å². The summed E-state index contributed by atoms with van der Waals surface area (Å²) in [6.45, 7) is 4.17. The Labute approximate surface area is 111 Å². The summed E-state index contributed by atoms with van der Waals surface area (Å²) in [5.41, 5.74) is 8.72. The molecule has 3 nitrogen and oxygen atoms in total. The van der Waals surface area contributed by atoms with Crippen molar-refractivity contribution in [1.29, 1.82) is 0 Å². The molecule has 0 aromatic heterocycles. The minimum Gasteiger partial charge on any atom is -0.492 e. The zero-order valence-corrected chi connectivity index (χ0v) is 10.2. The fourth-order valence-electron chi connectivity index (χ4n) is 2.83. The summed E-state index contributed by atoms with van der Waals surface area (Å²) < 4.78 is 5.70. The Morgan fingerprint density at radius 1 is 1.28 bits per heavy atom. The van der Waals surface area contributed by atoms with E-state index >= 15 is 0 Å². The highest BCUT2D eigenvalue weighted by Crippen LogP contribution is 2.28. The lowest BCUT2D eigenvalue weighted by Crippen LogP contribution is -2.34. The summed E-state index contributed by atoms with van der Waals surface area (Å²) in [5.74, 6) is 1.04. The highest BCUT2D eigenvalue weighted by molar-refractivity contribution is 5.75. The van der Waals surface area contributed by atoms with E-state index in [4.69, 9.17) is 10.5 Å². The van der Waals surface area contributed by atoms with Crippen LogP contribution in [0.2, 0.25) is 0 Å². The Morgan fingerprint density at radius 2 is 2.06 bits per heavy atom. The lowest BCUT2D eigenvalue weighted by molar-refractivity contribution is 0.260. The number of benzene rings is 1. The van der Waals surface area contributed by atoms with Crippen LogP contribution in [0.5, 0.6) is 5.75 Å². The molecule has 1 fully saturated rings. The van der Waals surface area contributed by atoms with Crippen LogP contribution in [0, 0.1) is 0 Å². The Kier molecular flexibility index (Phi) is 4.30. The topological polar surface area (TPSA) is 38.5 Å². The highest BCUT2D eigenvalue weighted by atomic mass is 16.5. The average Bonchev–Trinajstić information content (AvgIpc) is 2.83. The highest BCUT2D eigenvalue weighted by Gasteiger charge is 2.21. The van der Waals surface area contributed by atoms with Gasteiger partial charge in [-0.2, -0.15) is 0 Å². The van der Waals surface area contributed by atoms with Gasteiger partial charge < -0.3 is 10.5 Å². The van der Waals surface area contributed by atoms with Crippen molar-refractivity contribution in [2.75, 3.05) is 19.7 Å². The SMILES string of the molecule is B.N[C@@H]1COc2cccc(CN3CCCC3)c2C1. The van der Waals surface area contributed by atoms with Gasteiger partial charge in [0.1, 0.15) is 12.4 Å². The molecule has 0 aliphatic carbocycles. The van der Waals surface area contributed by atoms with Crippen LogP contribution in [0.25, 0.3) is 0 Å². The second kappa shape index (κ2) is 5.76. The molecule has 4 heteroatoms. The van der Waals surface area contributed by atoms with Gasteiger partial charge in [-0.25, -0.2) is 0 Å². The second-order valence-electron chi connectivity index (χ2n) is 5.15. The molecule has 0 spiro atoms. The zero-order chi connectivity index (χ0) is 11.7. The van der Waals surface area contributed by atoms with Crippen LogP contribution in [-0.4, -0.2) is 39.1 Å². The molecule has 0 saturated carbocycles. The molecule has 0 radical (unpaired) electrons. The number of hydrogen-bond donors (Lipinski definition) is 1. The first-order chi connectivity index (χ1) is 8.33. The molecule has 2 heterocycles. The van der Waals surface area contributed by atoms with Crippen molar-refractivity contribution in [3.63, 3.8) is 0 Å². The summed E-state index contributed by atoms with van der Waals surface area (Å²) in [4.78, 5) is 2.52. The first kappa shape index (κ1) is 13.4. The normalized spacial score (nSPS) is 23.1. The summed E-state index contributed by atoms with van der Waals surface area (Å²) in [7, 11) is 0. The maximum atomic E-state index is 5.99. The van der Waals surface area contributed by atoms with E-state index in [9.17, 15) is 0 Å². The number of hydrogen-bond acceptors (Lipinski definition) is 3. The summed E-state index contributed by atoms with van der Waals surface area (Å²) >= 11 is 0. The quantitative estimate of drug-likeness (QED) is 0.766. The molecular formula is C14H23BN2O. The molecule has 3 rings (SSSR count). The molecule has 0 unspecified atom stereocenters. The zero-order valence-electron chi connectivity index (χ0n) is 10.2. The Balaban J connectivity index is 0.00000120. The van der Waals surface area contributed by atoms with Crippen molar-refractivity contribution < 1.29 is 4.74 Å². The third kappa shape index (κ3) is 2.70. The monoisotopic (exact) mass is 246 g/mol. The number of fused-ring (bicyclic) bond motifs is 1. The van der Waals surface area contributed by atoms with Crippen molar-refractivity contribution >= 4 is 8.41 Å². The Bertz CT molecular complexity index is 405. The van der Waals surface area contributed by atoms with E-state index in [-0.39, 0.29) is 14.5 Å². The van der Waals surface area contributed by atoms with Crippen molar-refractivity contribution in [2.24, 2.45) is 5.73 Å². The maximum Gasteiger partial charge on any atom is 0.122 e. The fourth-order valence-corrected chi connectivity index (χ4v) is 2.83. The van der Waals surface area contributed by atoms with E-state index in [1.807, 2.05) is 0 Å². The van der Waals surface area contributed by atoms with E-state index in [0.29, 0.717) is 6.61 Å². The second-order valence-corrected chi connectivity index (χ2v) is 5.15. The molecule has 0 amide bonds. The molecule has 2 aliphatic heterocycles. The van der Waals surface area contributed by atoms with Crippen LogP contribution in [0.3, 0.4) is 0 Å². The van der Waals surface area contributed by atoms with Crippen LogP contribution in [0.4, 0.5) is 0 Å². The lowest BCUT2D eigenvalue weighted by Gasteiger charge is -2.26. The molecule has 2 N–H and O–H groups in total. The van der Waals surface area contributed by atoms with Gasteiger partial charge in [-0.1, -0.05) is 12.1 Å². The van der Waals surface area contributed by atoms with Gasteiger partial charge in [0.25, 0.3) is 0 Å². The van der Waals surface area contributed by atoms with E-state index in [1.165, 1.54) is 37.1 Å². The molecule has 98 valence electrons. The largest absolute Gasteiger partial charge is 0.492 e.